The standard InChI is InChI=1S/C23H28N6O3/c1-13-10-15(3)28(6)21(30)19(13)22(31)29-9-7-8-17(29)20-16(18-11-14(2)26-32-18)12-24-23(25-20)27(4)5/h10-12,17H,7-9H2,1-6H3. The number of amides is 1. The first-order valence-corrected chi connectivity index (χ1v) is 10.6. The number of likely N-dealkylation sites (tertiary alicyclic amines) is 1. The van der Waals surface area contributed by atoms with Gasteiger partial charge in [0, 0.05) is 45.6 Å². The summed E-state index contributed by atoms with van der Waals surface area (Å²) in [7, 11) is 5.43. The fourth-order valence-electron chi connectivity index (χ4n) is 4.21. The van der Waals surface area contributed by atoms with E-state index in [2.05, 4.69) is 10.1 Å². The minimum absolute atomic E-state index is 0.212. The number of carbonyl (C=O) groups excluding carboxylic acids is 1. The van der Waals surface area contributed by atoms with E-state index in [1.54, 1.807) is 18.1 Å². The van der Waals surface area contributed by atoms with Gasteiger partial charge >= 0.3 is 0 Å². The molecule has 0 spiro atoms. The molecule has 3 aromatic rings. The number of hydrogen-bond acceptors (Lipinski definition) is 7. The maximum Gasteiger partial charge on any atom is 0.263 e. The quantitative estimate of drug-likeness (QED) is 0.620. The summed E-state index contributed by atoms with van der Waals surface area (Å²) in [6.07, 6.45) is 3.27. The average molecular weight is 437 g/mol. The third-order valence-corrected chi connectivity index (χ3v) is 6.01. The lowest BCUT2D eigenvalue weighted by molar-refractivity contribution is 0.0730. The van der Waals surface area contributed by atoms with E-state index < -0.39 is 0 Å². The van der Waals surface area contributed by atoms with Crippen LogP contribution in [0.2, 0.25) is 0 Å². The molecule has 0 saturated carbocycles. The molecular weight excluding hydrogens is 408 g/mol. The van der Waals surface area contributed by atoms with Crippen LogP contribution in [0.25, 0.3) is 11.3 Å². The molecule has 9 nitrogen and oxygen atoms in total. The number of rotatable bonds is 4. The largest absolute Gasteiger partial charge is 0.356 e. The molecule has 0 aliphatic carbocycles. The molecule has 0 aromatic carbocycles. The third-order valence-electron chi connectivity index (χ3n) is 6.01. The molecule has 1 aliphatic heterocycles. The van der Waals surface area contributed by atoms with Crippen LogP contribution < -0.4 is 10.5 Å². The van der Waals surface area contributed by atoms with Crippen LogP contribution in [0, 0.1) is 20.8 Å². The summed E-state index contributed by atoms with van der Waals surface area (Å²) >= 11 is 0. The molecule has 3 aromatic heterocycles. The smallest absolute Gasteiger partial charge is 0.263 e. The van der Waals surface area contributed by atoms with Crippen LogP contribution in [0.15, 0.2) is 27.6 Å². The van der Waals surface area contributed by atoms with Crippen LogP contribution in [0.3, 0.4) is 0 Å². The monoisotopic (exact) mass is 436 g/mol. The van der Waals surface area contributed by atoms with Gasteiger partial charge in [-0.1, -0.05) is 5.16 Å². The van der Waals surface area contributed by atoms with Crippen LogP contribution in [0.5, 0.6) is 0 Å². The molecule has 32 heavy (non-hydrogen) atoms. The lowest BCUT2D eigenvalue weighted by atomic mass is 10.0. The van der Waals surface area contributed by atoms with Crippen molar-refractivity contribution < 1.29 is 9.32 Å². The van der Waals surface area contributed by atoms with Crippen LogP contribution in [0.1, 0.15) is 51.9 Å². The van der Waals surface area contributed by atoms with Crippen LogP contribution in [-0.2, 0) is 7.05 Å². The van der Waals surface area contributed by atoms with Gasteiger partial charge in [0.15, 0.2) is 5.76 Å². The van der Waals surface area contributed by atoms with E-state index >= 15 is 0 Å². The van der Waals surface area contributed by atoms with Gasteiger partial charge in [-0.3, -0.25) is 9.59 Å². The zero-order chi connectivity index (χ0) is 23.2. The van der Waals surface area contributed by atoms with Crippen LogP contribution in [0.4, 0.5) is 5.95 Å². The molecule has 1 unspecified atom stereocenters. The molecule has 0 radical (unpaired) electrons. The van der Waals surface area contributed by atoms with Gasteiger partial charge in [-0.05, 0) is 45.2 Å². The highest BCUT2D eigenvalue weighted by atomic mass is 16.5. The molecule has 1 amide bonds. The lowest BCUT2D eigenvalue weighted by Gasteiger charge is -2.27. The summed E-state index contributed by atoms with van der Waals surface area (Å²) in [5, 5.41) is 4.00. The van der Waals surface area contributed by atoms with E-state index in [0.717, 1.165) is 24.2 Å². The number of pyridine rings is 1. The summed E-state index contributed by atoms with van der Waals surface area (Å²) in [5.41, 5.74) is 3.59. The van der Waals surface area contributed by atoms with Crippen molar-refractivity contribution in [1.82, 2.24) is 24.6 Å². The van der Waals surface area contributed by atoms with E-state index in [9.17, 15) is 9.59 Å². The number of aromatic nitrogens is 4. The Hall–Kier alpha value is -3.49. The SMILES string of the molecule is Cc1cc(-c2cnc(N(C)C)nc2C2CCCN2C(=O)c2c(C)cc(C)n(C)c2=O)on1. The Bertz CT molecular complexity index is 1240. The Labute approximate surface area is 186 Å². The number of carbonyl (C=O) groups is 1. The summed E-state index contributed by atoms with van der Waals surface area (Å²) in [6, 6.07) is 3.41. The first-order chi connectivity index (χ1) is 15.2. The Morgan fingerprint density at radius 3 is 2.62 bits per heavy atom. The first kappa shape index (κ1) is 21.7. The minimum atomic E-state index is -0.296. The van der Waals surface area contributed by atoms with E-state index in [1.165, 1.54) is 4.57 Å². The predicted molar refractivity (Wildman–Crippen MR) is 121 cm³/mol. The number of hydrogen-bond donors (Lipinski definition) is 0. The maximum absolute atomic E-state index is 13.6. The lowest BCUT2D eigenvalue weighted by Crippen LogP contribution is -2.37. The van der Waals surface area contributed by atoms with E-state index in [4.69, 9.17) is 9.51 Å². The third kappa shape index (κ3) is 3.68. The van der Waals surface area contributed by atoms with Crippen molar-refractivity contribution in [2.75, 3.05) is 25.5 Å². The second kappa shape index (κ2) is 8.22. The zero-order valence-electron chi connectivity index (χ0n) is 19.3. The van der Waals surface area contributed by atoms with Crippen molar-refractivity contribution in [2.24, 2.45) is 7.05 Å². The number of aryl methyl sites for hydroxylation is 3. The van der Waals surface area contributed by atoms with Crippen molar-refractivity contribution in [3.63, 3.8) is 0 Å². The van der Waals surface area contributed by atoms with E-state index in [-0.39, 0.29) is 23.1 Å². The van der Waals surface area contributed by atoms with Gasteiger partial charge in [0.2, 0.25) is 5.95 Å². The molecule has 1 aliphatic rings. The molecule has 0 bridgehead atoms. The van der Waals surface area contributed by atoms with Crippen LogP contribution >= 0.6 is 0 Å². The van der Waals surface area contributed by atoms with E-state index in [1.807, 2.05) is 51.9 Å². The fourth-order valence-corrected chi connectivity index (χ4v) is 4.21. The molecule has 168 valence electrons. The second-order valence-corrected chi connectivity index (χ2v) is 8.56. The Morgan fingerprint density at radius 1 is 1.22 bits per heavy atom. The Kier molecular flexibility index (Phi) is 5.58. The Morgan fingerprint density at radius 2 is 1.97 bits per heavy atom. The highest BCUT2D eigenvalue weighted by Gasteiger charge is 2.36. The molecule has 1 atom stereocenters. The normalized spacial score (nSPS) is 15.9. The van der Waals surface area contributed by atoms with Crippen molar-refractivity contribution in [2.45, 2.75) is 39.7 Å². The zero-order valence-corrected chi connectivity index (χ0v) is 19.3. The minimum Gasteiger partial charge on any atom is -0.356 e. The summed E-state index contributed by atoms with van der Waals surface area (Å²) < 4.78 is 7.01. The first-order valence-electron chi connectivity index (χ1n) is 10.6. The van der Waals surface area contributed by atoms with Crippen molar-refractivity contribution >= 4 is 11.9 Å². The molecular formula is C23H28N6O3. The average Bonchev–Trinajstić information content (AvgIpc) is 3.40. The van der Waals surface area contributed by atoms with Gasteiger partial charge in [-0.2, -0.15) is 0 Å². The van der Waals surface area contributed by atoms with Crippen molar-refractivity contribution in [3.05, 3.63) is 56.9 Å². The molecule has 4 rings (SSSR count). The molecule has 1 fully saturated rings. The fraction of sp³-hybridized carbons (Fsp3) is 0.435. The summed E-state index contributed by atoms with van der Waals surface area (Å²) in [4.78, 5) is 39.4. The highest BCUT2D eigenvalue weighted by Crippen LogP contribution is 2.38. The Balaban J connectivity index is 1.82. The van der Waals surface area contributed by atoms with Crippen LogP contribution in [-0.4, -0.2) is 51.1 Å². The van der Waals surface area contributed by atoms with Crippen molar-refractivity contribution in [3.8, 4) is 11.3 Å². The van der Waals surface area contributed by atoms with E-state index in [0.29, 0.717) is 35.1 Å². The highest BCUT2D eigenvalue weighted by molar-refractivity contribution is 5.96. The topological polar surface area (TPSA) is 97.4 Å². The molecule has 4 heterocycles. The molecule has 9 heteroatoms. The predicted octanol–water partition coefficient (Wildman–Crippen LogP) is 2.80. The maximum atomic E-state index is 13.6. The van der Waals surface area contributed by atoms with Crippen molar-refractivity contribution in [1.29, 1.82) is 0 Å². The van der Waals surface area contributed by atoms with Gasteiger partial charge in [0.1, 0.15) is 5.56 Å². The van der Waals surface area contributed by atoms with Gasteiger partial charge in [0.25, 0.3) is 11.5 Å². The second-order valence-electron chi connectivity index (χ2n) is 8.56. The number of anilines is 1. The van der Waals surface area contributed by atoms with Gasteiger partial charge in [0.05, 0.1) is 23.0 Å². The summed E-state index contributed by atoms with van der Waals surface area (Å²) in [5.74, 6) is 0.835. The van der Waals surface area contributed by atoms with Gasteiger partial charge in [-0.15, -0.1) is 0 Å². The number of nitrogens with zero attached hydrogens (tertiary/aromatic N) is 6. The molecule has 0 N–H and O–H groups in total. The van der Waals surface area contributed by atoms with Gasteiger partial charge in [-0.25, -0.2) is 9.97 Å². The molecule has 1 saturated heterocycles. The van der Waals surface area contributed by atoms with Gasteiger partial charge < -0.3 is 18.9 Å². The summed E-state index contributed by atoms with van der Waals surface area (Å²) in [6.45, 7) is 6.07.